The van der Waals surface area contributed by atoms with Crippen molar-refractivity contribution < 1.29 is 9.13 Å². The minimum atomic E-state index is -0.382. The molecular weight excluding hydrogens is 311 g/mol. The first-order valence-corrected chi connectivity index (χ1v) is 7.94. The maximum Gasteiger partial charge on any atom is 0.171 e. The summed E-state index contributed by atoms with van der Waals surface area (Å²) in [5, 5.41) is 6.78. The van der Waals surface area contributed by atoms with Crippen LogP contribution in [0.2, 0.25) is 0 Å². The summed E-state index contributed by atoms with van der Waals surface area (Å²) in [4.78, 5) is 0. The van der Waals surface area contributed by atoms with E-state index in [0.717, 1.165) is 17.7 Å². The van der Waals surface area contributed by atoms with Crippen LogP contribution in [0, 0.1) is 5.82 Å². The van der Waals surface area contributed by atoms with Crippen molar-refractivity contribution in [1.29, 1.82) is 0 Å². The molecule has 2 N–H and O–H groups in total. The van der Waals surface area contributed by atoms with Crippen molar-refractivity contribution in [1.82, 2.24) is 5.32 Å². The molecule has 23 heavy (non-hydrogen) atoms. The number of halogens is 1. The Morgan fingerprint density at radius 3 is 2.48 bits per heavy atom. The van der Waals surface area contributed by atoms with Crippen molar-refractivity contribution in [2.45, 2.75) is 26.3 Å². The van der Waals surface area contributed by atoms with E-state index in [4.69, 9.17) is 17.0 Å². The first kappa shape index (κ1) is 17.2. The van der Waals surface area contributed by atoms with E-state index in [0.29, 0.717) is 5.11 Å². The molecule has 0 aliphatic carbocycles. The highest BCUT2D eigenvalue weighted by Crippen LogP contribution is 2.21. The van der Waals surface area contributed by atoms with Crippen LogP contribution >= 0.6 is 12.2 Å². The molecule has 0 radical (unpaired) electrons. The van der Waals surface area contributed by atoms with E-state index in [1.165, 1.54) is 18.7 Å². The molecule has 0 saturated carbocycles. The minimum Gasteiger partial charge on any atom is -0.494 e. The van der Waals surface area contributed by atoms with Gasteiger partial charge in [-0.05, 0) is 61.0 Å². The molecule has 0 bridgehead atoms. The smallest absolute Gasteiger partial charge is 0.171 e. The largest absolute Gasteiger partial charge is 0.494 e. The Kier molecular flexibility index (Phi) is 5.93. The minimum absolute atomic E-state index is 0.120. The van der Waals surface area contributed by atoms with Crippen LogP contribution in [0.5, 0.6) is 5.75 Å². The molecule has 5 heteroatoms. The lowest BCUT2D eigenvalue weighted by molar-refractivity contribution is 0.386. The van der Waals surface area contributed by atoms with E-state index < -0.39 is 0 Å². The van der Waals surface area contributed by atoms with Crippen LogP contribution in [-0.4, -0.2) is 12.2 Å². The lowest BCUT2D eigenvalue weighted by Crippen LogP contribution is -2.30. The molecule has 2 aromatic rings. The van der Waals surface area contributed by atoms with E-state index in [1.807, 2.05) is 25.1 Å². The average molecular weight is 332 g/mol. The van der Waals surface area contributed by atoms with Crippen molar-refractivity contribution in [3.8, 4) is 5.75 Å². The second kappa shape index (κ2) is 7.92. The quantitative estimate of drug-likeness (QED) is 0.793. The lowest BCUT2D eigenvalue weighted by atomic mass is 10.1. The highest BCUT2D eigenvalue weighted by molar-refractivity contribution is 7.80. The number of benzene rings is 2. The maximum absolute atomic E-state index is 13.8. The number of ether oxygens (including phenoxy) is 1. The van der Waals surface area contributed by atoms with Gasteiger partial charge < -0.3 is 15.4 Å². The van der Waals surface area contributed by atoms with Crippen LogP contribution in [-0.2, 0) is 6.42 Å². The second-order valence-electron chi connectivity index (χ2n) is 5.26. The number of hydrogen-bond donors (Lipinski definition) is 2. The highest BCUT2D eigenvalue weighted by Gasteiger charge is 2.10. The monoisotopic (exact) mass is 332 g/mol. The molecule has 0 amide bonds. The maximum atomic E-state index is 13.8. The first-order chi connectivity index (χ1) is 11.0. The Labute approximate surface area is 141 Å². The molecule has 3 nitrogen and oxygen atoms in total. The van der Waals surface area contributed by atoms with Crippen molar-refractivity contribution in [3.05, 3.63) is 59.4 Å². The van der Waals surface area contributed by atoms with Gasteiger partial charge in [-0.15, -0.1) is 0 Å². The zero-order valence-corrected chi connectivity index (χ0v) is 14.3. The van der Waals surface area contributed by atoms with Gasteiger partial charge in [-0.3, -0.25) is 0 Å². The Morgan fingerprint density at radius 1 is 1.22 bits per heavy atom. The standard InChI is InChI=1S/C18H21FN2OS/c1-4-13-5-8-15(9-6-13)21-18(23)20-12(2)14-7-10-17(22-3)16(19)11-14/h5-12H,4H2,1-3H3,(H2,20,21,23)/t12-/m1/s1. The number of methoxy groups -OCH3 is 1. The SMILES string of the molecule is CCc1ccc(NC(=S)N[C@H](C)c2ccc(OC)c(F)c2)cc1. The van der Waals surface area contributed by atoms with Gasteiger partial charge in [0.25, 0.3) is 0 Å². The average Bonchev–Trinajstić information content (AvgIpc) is 2.55. The van der Waals surface area contributed by atoms with E-state index >= 15 is 0 Å². The van der Waals surface area contributed by atoms with Crippen molar-refractivity contribution in [3.63, 3.8) is 0 Å². The molecule has 0 aromatic heterocycles. The van der Waals surface area contributed by atoms with Crippen molar-refractivity contribution >= 4 is 23.0 Å². The third-order valence-electron chi connectivity index (χ3n) is 3.64. The zero-order chi connectivity index (χ0) is 16.8. The fraction of sp³-hybridized carbons (Fsp3) is 0.278. The zero-order valence-electron chi connectivity index (χ0n) is 13.5. The van der Waals surface area contributed by atoms with Crippen molar-refractivity contribution in [2.75, 3.05) is 12.4 Å². The van der Waals surface area contributed by atoms with Gasteiger partial charge in [-0.2, -0.15) is 0 Å². The summed E-state index contributed by atoms with van der Waals surface area (Å²) in [5.74, 6) is -0.148. The van der Waals surface area contributed by atoms with Gasteiger partial charge in [0, 0.05) is 5.69 Å². The predicted molar refractivity (Wildman–Crippen MR) is 96.5 cm³/mol. The topological polar surface area (TPSA) is 33.3 Å². The molecule has 0 saturated heterocycles. The molecule has 1 atom stereocenters. The molecular formula is C18H21FN2OS. The number of thiocarbonyl (C=S) groups is 1. The van der Waals surface area contributed by atoms with E-state index in [2.05, 4.69) is 29.7 Å². The number of aryl methyl sites for hydroxylation is 1. The Hall–Kier alpha value is -2.14. The number of rotatable bonds is 5. The summed E-state index contributed by atoms with van der Waals surface area (Å²) in [6, 6.07) is 12.9. The molecule has 0 spiro atoms. The van der Waals surface area contributed by atoms with Gasteiger partial charge in [0.1, 0.15) is 0 Å². The second-order valence-corrected chi connectivity index (χ2v) is 5.67. The molecule has 2 rings (SSSR count). The Balaban J connectivity index is 1.97. The van der Waals surface area contributed by atoms with Crippen LogP contribution in [0.15, 0.2) is 42.5 Å². The Bertz CT molecular complexity index is 673. The summed E-state index contributed by atoms with van der Waals surface area (Å²) in [6.07, 6.45) is 1.00. The summed E-state index contributed by atoms with van der Waals surface area (Å²) in [7, 11) is 1.45. The molecule has 0 aliphatic heterocycles. The van der Waals surface area contributed by atoms with Crippen LogP contribution in [0.1, 0.15) is 31.0 Å². The van der Waals surface area contributed by atoms with Gasteiger partial charge in [0.15, 0.2) is 16.7 Å². The molecule has 0 fully saturated rings. The van der Waals surface area contributed by atoms with Gasteiger partial charge >= 0.3 is 0 Å². The molecule has 0 heterocycles. The van der Waals surface area contributed by atoms with Gasteiger partial charge in [-0.25, -0.2) is 4.39 Å². The van der Waals surface area contributed by atoms with Gasteiger partial charge in [0.2, 0.25) is 0 Å². The van der Waals surface area contributed by atoms with Gasteiger partial charge in [-0.1, -0.05) is 25.1 Å². The van der Waals surface area contributed by atoms with Crippen LogP contribution in [0.3, 0.4) is 0 Å². The van der Waals surface area contributed by atoms with E-state index in [-0.39, 0.29) is 17.6 Å². The molecule has 0 unspecified atom stereocenters. The van der Waals surface area contributed by atoms with Crippen LogP contribution in [0.25, 0.3) is 0 Å². The third kappa shape index (κ3) is 4.66. The number of anilines is 1. The summed E-state index contributed by atoms with van der Waals surface area (Å²) in [6.45, 7) is 4.04. The summed E-state index contributed by atoms with van der Waals surface area (Å²) < 4.78 is 18.7. The van der Waals surface area contributed by atoms with E-state index in [9.17, 15) is 4.39 Å². The number of nitrogens with one attached hydrogen (secondary N) is 2. The molecule has 2 aromatic carbocycles. The fourth-order valence-electron chi connectivity index (χ4n) is 2.22. The summed E-state index contributed by atoms with van der Waals surface area (Å²) in [5.41, 5.74) is 3.00. The summed E-state index contributed by atoms with van der Waals surface area (Å²) >= 11 is 5.31. The van der Waals surface area contributed by atoms with E-state index in [1.54, 1.807) is 6.07 Å². The highest BCUT2D eigenvalue weighted by atomic mass is 32.1. The first-order valence-electron chi connectivity index (χ1n) is 7.53. The van der Waals surface area contributed by atoms with Crippen LogP contribution in [0.4, 0.5) is 10.1 Å². The fourth-order valence-corrected chi connectivity index (χ4v) is 2.52. The van der Waals surface area contributed by atoms with Crippen molar-refractivity contribution in [2.24, 2.45) is 0 Å². The molecule has 122 valence electrons. The molecule has 0 aliphatic rings. The Morgan fingerprint density at radius 2 is 1.91 bits per heavy atom. The predicted octanol–water partition coefficient (Wildman–Crippen LogP) is 4.44. The number of hydrogen-bond acceptors (Lipinski definition) is 2. The normalized spacial score (nSPS) is 11.7. The lowest BCUT2D eigenvalue weighted by Gasteiger charge is -2.18. The third-order valence-corrected chi connectivity index (χ3v) is 3.86. The van der Waals surface area contributed by atoms with Gasteiger partial charge in [0.05, 0.1) is 13.2 Å². The van der Waals surface area contributed by atoms with Crippen LogP contribution < -0.4 is 15.4 Å².